The smallest absolute Gasteiger partial charge is 0.154 e. The minimum Gasteiger partial charge on any atom is -0.356 e. The van der Waals surface area contributed by atoms with Gasteiger partial charge in [0.2, 0.25) is 0 Å². The molecule has 0 bridgehead atoms. The Morgan fingerprint density at radius 1 is 1.21 bits per heavy atom. The lowest BCUT2D eigenvalue weighted by molar-refractivity contribution is -0.0368. The Hall–Kier alpha value is -1.97. The standard InChI is InChI=1S/C19H17BrFN5OS/c20-11-7-14(21)19-17(8-11)25(24-22-19)12-4-5-13-15(10-28)23-26(16(13)9-12)18-3-1-2-6-27-18/h4-5,7-9,18,28H,1-3,6,10H2. The van der Waals surface area contributed by atoms with E-state index in [0.717, 1.165) is 48.2 Å². The zero-order valence-corrected chi connectivity index (χ0v) is 17.3. The first kappa shape index (κ1) is 18.1. The van der Waals surface area contributed by atoms with Crippen LogP contribution in [0.15, 0.2) is 34.8 Å². The number of aromatic nitrogens is 5. The Bertz CT molecular complexity index is 1180. The average molecular weight is 462 g/mol. The number of nitrogens with zero attached hydrogens (tertiary/aromatic N) is 5. The van der Waals surface area contributed by atoms with Crippen molar-refractivity contribution in [1.29, 1.82) is 0 Å². The molecule has 3 heterocycles. The third-order valence-electron chi connectivity index (χ3n) is 5.06. The van der Waals surface area contributed by atoms with Gasteiger partial charge in [0.1, 0.15) is 5.52 Å². The number of halogens is 2. The molecule has 6 nitrogen and oxygen atoms in total. The van der Waals surface area contributed by atoms with Crippen molar-refractivity contribution in [3.05, 3.63) is 46.3 Å². The van der Waals surface area contributed by atoms with Crippen molar-refractivity contribution in [2.24, 2.45) is 0 Å². The van der Waals surface area contributed by atoms with Gasteiger partial charge in [0.25, 0.3) is 0 Å². The molecule has 1 unspecified atom stereocenters. The van der Waals surface area contributed by atoms with Gasteiger partial charge >= 0.3 is 0 Å². The summed E-state index contributed by atoms with van der Waals surface area (Å²) in [5.41, 5.74) is 3.49. The summed E-state index contributed by atoms with van der Waals surface area (Å²) in [6, 6.07) is 9.14. The second-order valence-corrected chi connectivity index (χ2v) is 8.06. The van der Waals surface area contributed by atoms with Gasteiger partial charge in [-0.2, -0.15) is 17.7 Å². The first-order chi connectivity index (χ1) is 13.7. The van der Waals surface area contributed by atoms with Crippen LogP contribution in [0.5, 0.6) is 0 Å². The van der Waals surface area contributed by atoms with Crippen LogP contribution in [-0.2, 0) is 10.5 Å². The Morgan fingerprint density at radius 3 is 2.89 bits per heavy atom. The fourth-order valence-corrected chi connectivity index (χ4v) is 4.37. The summed E-state index contributed by atoms with van der Waals surface area (Å²) in [5.74, 6) is 0.134. The largest absolute Gasteiger partial charge is 0.356 e. The van der Waals surface area contributed by atoms with E-state index in [9.17, 15) is 4.39 Å². The molecule has 0 spiro atoms. The average Bonchev–Trinajstić information content (AvgIpc) is 3.29. The van der Waals surface area contributed by atoms with Gasteiger partial charge < -0.3 is 4.74 Å². The molecular formula is C19H17BrFN5OS. The van der Waals surface area contributed by atoms with E-state index in [1.807, 2.05) is 28.9 Å². The van der Waals surface area contributed by atoms with Crippen LogP contribution < -0.4 is 0 Å². The van der Waals surface area contributed by atoms with E-state index in [1.54, 1.807) is 4.68 Å². The molecule has 1 saturated heterocycles. The predicted octanol–water partition coefficient (Wildman–Crippen LogP) is 4.80. The van der Waals surface area contributed by atoms with Gasteiger partial charge in [-0.15, -0.1) is 5.10 Å². The molecular weight excluding hydrogens is 445 g/mol. The highest BCUT2D eigenvalue weighted by atomic mass is 79.9. The van der Waals surface area contributed by atoms with Crippen molar-refractivity contribution in [1.82, 2.24) is 24.8 Å². The zero-order valence-electron chi connectivity index (χ0n) is 14.8. The van der Waals surface area contributed by atoms with Gasteiger partial charge in [-0.25, -0.2) is 13.8 Å². The van der Waals surface area contributed by atoms with Gasteiger partial charge in [-0.3, -0.25) is 0 Å². The van der Waals surface area contributed by atoms with Crippen molar-refractivity contribution >= 4 is 50.5 Å². The van der Waals surface area contributed by atoms with Crippen LogP contribution in [0.1, 0.15) is 31.2 Å². The molecule has 2 aromatic heterocycles. The molecule has 0 radical (unpaired) electrons. The molecule has 28 heavy (non-hydrogen) atoms. The van der Waals surface area contributed by atoms with E-state index >= 15 is 0 Å². The van der Waals surface area contributed by atoms with E-state index in [4.69, 9.17) is 9.84 Å². The monoisotopic (exact) mass is 461 g/mol. The second-order valence-electron chi connectivity index (χ2n) is 6.83. The lowest BCUT2D eigenvalue weighted by Crippen LogP contribution is -2.19. The number of fused-ring (bicyclic) bond motifs is 2. The van der Waals surface area contributed by atoms with Crippen LogP contribution in [0.25, 0.3) is 27.6 Å². The number of ether oxygens (including phenoxy) is 1. The van der Waals surface area contributed by atoms with Crippen LogP contribution in [-0.4, -0.2) is 31.4 Å². The van der Waals surface area contributed by atoms with E-state index in [0.29, 0.717) is 15.7 Å². The van der Waals surface area contributed by atoms with Gasteiger partial charge in [-0.1, -0.05) is 21.1 Å². The third-order valence-corrected chi connectivity index (χ3v) is 5.82. The molecule has 0 amide bonds. The topological polar surface area (TPSA) is 57.8 Å². The first-order valence-corrected chi connectivity index (χ1v) is 10.5. The van der Waals surface area contributed by atoms with Crippen molar-refractivity contribution in [2.45, 2.75) is 31.2 Å². The molecule has 2 aromatic carbocycles. The summed E-state index contributed by atoms with van der Waals surface area (Å²) in [6.07, 6.45) is 3.03. The molecule has 9 heteroatoms. The minimum absolute atomic E-state index is 0.0841. The van der Waals surface area contributed by atoms with Crippen molar-refractivity contribution in [3.63, 3.8) is 0 Å². The quantitative estimate of drug-likeness (QED) is 0.445. The van der Waals surface area contributed by atoms with Crippen molar-refractivity contribution in [2.75, 3.05) is 6.61 Å². The molecule has 0 N–H and O–H groups in total. The van der Waals surface area contributed by atoms with E-state index < -0.39 is 5.82 Å². The van der Waals surface area contributed by atoms with Crippen molar-refractivity contribution < 1.29 is 9.13 Å². The third kappa shape index (κ3) is 2.92. The Balaban J connectivity index is 1.69. The summed E-state index contributed by atoms with van der Waals surface area (Å²) >= 11 is 7.77. The highest BCUT2D eigenvalue weighted by molar-refractivity contribution is 9.10. The molecule has 5 rings (SSSR count). The van der Waals surface area contributed by atoms with Crippen LogP contribution in [0, 0.1) is 5.82 Å². The summed E-state index contributed by atoms with van der Waals surface area (Å²) in [4.78, 5) is 0. The lowest BCUT2D eigenvalue weighted by atomic mass is 10.1. The van der Waals surface area contributed by atoms with Crippen LogP contribution in [0.4, 0.5) is 4.39 Å². The Labute approximate surface area is 174 Å². The maximum atomic E-state index is 14.2. The highest BCUT2D eigenvalue weighted by Crippen LogP contribution is 2.31. The van der Waals surface area contributed by atoms with Gasteiger partial charge in [0.05, 0.1) is 22.4 Å². The minimum atomic E-state index is -0.408. The summed E-state index contributed by atoms with van der Waals surface area (Å²) in [5, 5.41) is 14.0. The molecule has 1 fully saturated rings. The van der Waals surface area contributed by atoms with Crippen molar-refractivity contribution in [3.8, 4) is 5.69 Å². The molecule has 0 aliphatic carbocycles. The summed E-state index contributed by atoms with van der Waals surface area (Å²) in [6.45, 7) is 0.739. The summed E-state index contributed by atoms with van der Waals surface area (Å²) < 4.78 is 24.4. The predicted molar refractivity (Wildman–Crippen MR) is 111 cm³/mol. The van der Waals surface area contributed by atoms with Crippen LogP contribution in [0.3, 0.4) is 0 Å². The molecule has 0 saturated carbocycles. The maximum Gasteiger partial charge on any atom is 0.154 e. The SMILES string of the molecule is Fc1cc(Br)cc2c1nnn2-c1ccc2c(CS)nn(C3CCCCO3)c2c1. The molecule has 4 aromatic rings. The maximum absolute atomic E-state index is 14.2. The number of rotatable bonds is 3. The molecule has 144 valence electrons. The van der Waals surface area contributed by atoms with Crippen LogP contribution >= 0.6 is 28.6 Å². The van der Waals surface area contributed by atoms with Gasteiger partial charge in [0, 0.05) is 22.2 Å². The number of hydrogen-bond acceptors (Lipinski definition) is 5. The second kappa shape index (κ2) is 7.13. The lowest BCUT2D eigenvalue weighted by Gasteiger charge is -2.23. The molecule has 1 atom stereocenters. The van der Waals surface area contributed by atoms with Gasteiger partial charge in [0.15, 0.2) is 12.0 Å². The number of thiol groups is 1. The Kier molecular flexibility index (Phi) is 4.60. The van der Waals surface area contributed by atoms with E-state index in [1.165, 1.54) is 6.07 Å². The number of hydrogen-bond donors (Lipinski definition) is 1. The molecule has 1 aliphatic rings. The normalized spacial score (nSPS) is 17.6. The molecule has 1 aliphatic heterocycles. The fraction of sp³-hybridized carbons (Fsp3) is 0.316. The van der Waals surface area contributed by atoms with Crippen LogP contribution in [0.2, 0.25) is 0 Å². The zero-order chi connectivity index (χ0) is 19.3. The van der Waals surface area contributed by atoms with E-state index in [2.05, 4.69) is 38.9 Å². The number of benzene rings is 2. The van der Waals surface area contributed by atoms with Gasteiger partial charge in [-0.05, 0) is 49.6 Å². The highest BCUT2D eigenvalue weighted by Gasteiger charge is 2.21. The van der Waals surface area contributed by atoms with E-state index in [-0.39, 0.29) is 11.7 Å². The Morgan fingerprint density at radius 2 is 2.11 bits per heavy atom. The summed E-state index contributed by atoms with van der Waals surface area (Å²) in [7, 11) is 0. The first-order valence-electron chi connectivity index (χ1n) is 9.10. The fourth-order valence-electron chi connectivity index (χ4n) is 3.72.